The predicted octanol–water partition coefficient (Wildman–Crippen LogP) is 4.89. The lowest BCUT2D eigenvalue weighted by atomic mass is 9.94. The quantitative estimate of drug-likeness (QED) is 0.623. The summed E-state index contributed by atoms with van der Waals surface area (Å²) >= 11 is 1.47. The van der Waals surface area contributed by atoms with E-state index >= 15 is 0 Å². The minimum Gasteiger partial charge on any atom is -0.288 e. The van der Waals surface area contributed by atoms with E-state index in [0.29, 0.717) is 12.0 Å². The van der Waals surface area contributed by atoms with Crippen LogP contribution in [0, 0.1) is 11.3 Å². The van der Waals surface area contributed by atoms with Crippen molar-refractivity contribution in [1.29, 1.82) is 5.26 Å². The SMILES string of the molecule is N#Cc1ccc(C=C2CCc3nc(-c4ccccc4)sc3C2=O)cc1. The maximum absolute atomic E-state index is 12.8. The average Bonchev–Trinajstić information content (AvgIpc) is 3.11. The Kier molecular flexibility index (Phi) is 4.01. The number of rotatable bonds is 2. The average molecular weight is 342 g/mol. The predicted molar refractivity (Wildman–Crippen MR) is 99.3 cm³/mol. The van der Waals surface area contributed by atoms with Crippen LogP contribution in [-0.2, 0) is 6.42 Å². The van der Waals surface area contributed by atoms with Crippen molar-refractivity contribution >= 4 is 23.2 Å². The van der Waals surface area contributed by atoms with Crippen molar-refractivity contribution in [3.05, 3.63) is 81.9 Å². The van der Waals surface area contributed by atoms with Crippen LogP contribution in [0.4, 0.5) is 0 Å². The molecule has 0 amide bonds. The number of fused-ring (bicyclic) bond motifs is 1. The van der Waals surface area contributed by atoms with E-state index in [-0.39, 0.29) is 5.78 Å². The molecule has 4 rings (SSSR count). The highest BCUT2D eigenvalue weighted by Gasteiger charge is 2.26. The van der Waals surface area contributed by atoms with Gasteiger partial charge in [-0.05, 0) is 36.6 Å². The molecular weight excluding hydrogens is 328 g/mol. The number of nitriles is 1. The summed E-state index contributed by atoms with van der Waals surface area (Å²) in [6, 6.07) is 19.3. The van der Waals surface area contributed by atoms with Gasteiger partial charge in [-0.1, -0.05) is 42.5 Å². The number of carbonyl (C=O) groups is 1. The number of hydrogen-bond acceptors (Lipinski definition) is 4. The molecule has 0 saturated heterocycles. The molecule has 25 heavy (non-hydrogen) atoms. The zero-order valence-corrected chi connectivity index (χ0v) is 14.2. The van der Waals surface area contributed by atoms with Crippen molar-refractivity contribution in [2.75, 3.05) is 0 Å². The second-order valence-electron chi connectivity index (χ2n) is 5.89. The summed E-state index contributed by atoms with van der Waals surface area (Å²) in [5.41, 5.74) is 4.33. The highest BCUT2D eigenvalue weighted by Crippen LogP contribution is 2.34. The summed E-state index contributed by atoms with van der Waals surface area (Å²) in [5.74, 6) is 0.0743. The van der Waals surface area contributed by atoms with Gasteiger partial charge >= 0.3 is 0 Å². The molecular formula is C21H14N2OS. The highest BCUT2D eigenvalue weighted by atomic mass is 32.1. The summed E-state index contributed by atoms with van der Waals surface area (Å²) in [6.45, 7) is 0. The maximum Gasteiger partial charge on any atom is 0.200 e. The van der Waals surface area contributed by atoms with Gasteiger partial charge in [-0.2, -0.15) is 5.26 Å². The lowest BCUT2D eigenvalue weighted by Gasteiger charge is -2.12. The molecule has 3 nitrogen and oxygen atoms in total. The van der Waals surface area contributed by atoms with Crippen LogP contribution >= 0.6 is 11.3 Å². The molecule has 2 aromatic carbocycles. The van der Waals surface area contributed by atoms with Gasteiger partial charge in [0.1, 0.15) is 5.01 Å². The van der Waals surface area contributed by atoms with E-state index in [1.165, 1.54) is 11.3 Å². The Bertz CT molecular complexity index is 1010. The normalized spacial score (nSPS) is 15.0. The van der Waals surface area contributed by atoms with E-state index in [1.807, 2.05) is 48.5 Å². The molecule has 0 aliphatic heterocycles. The molecule has 0 bridgehead atoms. The van der Waals surface area contributed by atoms with Crippen LogP contribution in [-0.4, -0.2) is 10.8 Å². The largest absolute Gasteiger partial charge is 0.288 e. The van der Waals surface area contributed by atoms with E-state index in [9.17, 15) is 4.79 Å². The molecule has 0 radical (unpaired) electrons. The van der Waals surface area contributed by atoms with Crippen molar-refractivity contribution < 1.29 is 4.79 Å². The summed E-state index contributed by atoms with van der Waals surface area (Å²) in [7, 11) is 0. The van der Waals surface area contributed by atoms with Crippen LogP contribution in [0.3, 0.4) is 0 Å². The molecule has 3 aromatic rings. The van der Waals surface area contributed by atoms with Gasteiger partial charge in [-0.25, -0.2) is 4.98 Å². The summed E-state index contributed by atoms with van der Waals surface area (Å²) in [6.07, 6.45) is 3.41. The third kappa shape index (κ3) is 3.02. The molecule has 0 unspecified atom stereocenters. The van der Waals surface area contributed by atoms with Crippen molar-refractivity contribution in [3.8, 4) is 16.6 Å². The van der Waals surface area contributed by atoms with Gasteiger partial charge in [-0.3, -0.25) is 4.79 Å². The molecule has 120 valence electrons. The van der Waals surface area contributed by atoms with E-state index < -0.39 is 0 Å². The van der Waals surface area contributed by atoms with Crippen LogP contribution < -0.4 is 0 Å². The summed E-state index contributed by atoms with van der Waals surface area (Å²) in [4.78, 5) is 18.3. The number of carbonyl (C=O) groups excluding carboxylic acids is 1. The molecule has 1 aromatic heterocycles. The Balaban J connectivity index is 1.66. The van der Waals surface area contributed by atoms with Crippen LogP contribution in [0.25, 0.3) is 16.6 Å². The Morgan fingerprint density at radius 2 is 1.80 bits per heavy atom. The third-order valence-electron chi connectivity index (χ3n) is 4.23. The van der Waals surface area contributed by atoms with Gasteiger partial charge < -0.3 is 0 Å². The van der Waals surface area contributed by atoms with Gasteiger partial charge in [0.05, 0.1) is 22.2 Å². The third-order valence-corrected chi connectivity index (χ3v) is 5.37. The Morgan fingerprint density at radius 3 is 2.52 bits per heavy atom. The number of Topliss-reactive ketones (excluding diaryl/α,β-unsaturated/α-hetero) is 1. The molecule has 1 aliphatic carbocycles. The van der Waals surface area contributed by atoms with Crippen LogP contribution in [0.5, 0.6) is 0 Å². The number of thiazole rings is 1. The van der Waals surface area contributed by atoms with E-state index in [1.54, 1.807) is 12.1 Å². The smallest absolute Gasteiger partial charge is 0.200 e. The van der Waals surface area contributed by atoms with Gasteiger partial charge in [-0.15, -0.1) is 11.3 Å². The van der Waals surface area contributed by atoms with E-state index in [2.05, 4.69) is 11.1 Å². The van der Waals surface area contributed by atoms with Gasteiger partial charge in [0, 0.05) is 11.1 Å². The molecule has 1 heterocycles. The fraction of sp³-hybridized carbons (Fsp3) is 0.0952. The van der Waals surface area contributed by atoms with E-state index in [4.69, 9.17) is 5.26 Å². The second-order valence-corrected chi connectivity index (χ2v) is 6.89. The molecule has 0 saturated carbocycles. The zero-order valence-electron chi connectivity index (χ0n) is 13.4. The highest BCUT2D eigenvalue weighted by molar-refractivity contribution is 7.17. The van der Waals surface area contributed by atoms with Crippen molar-refractivity contribution in [1.82, 2.24) is 4.98 Å². The molecule has 1 aliphatic rings. The van der Waals surface area contributed by atoms with Crippen molar-refractivity contribution in [2.24, 2.45) is 0 Å². The fourth-order valence-electron chi connectivity index (χ4n) is 2.91. The van der Waals surface area contributed by atoms with Crippen molar-refractivity contribution in [3.63, 3.8) is 0 Å². The fourth-order valence-corrected chi connectivity index (χ4v) is 4.00. The Hall–Kier alpha value is -3.03. The van der Waals surface area contributed by atoms with Crippen LogP contribution in [0.15, 0.2) is 60.2 Å². The number of ketones is 1. The minimum absolute atomic E-state index is 0.0743. The topological polar surface area (TPSA) is 53.8 Å². The number of nitrogens with zero attached hydrogens (tertiary/aromatic N) is 2. The van der Waals surface area contributed by atoms with Crippen LogP contribution in [0.2, 0.25) is 0 Å². The summed E-state index contributed by atoms with van der Waals surface area (Å²) in [5, 5.41) is 9.77. The first kappa shape index (κ1) is 15.5. The number of allylic oxidation sites excluding steroid dienone is 1. The first-order valence-electron chi connectivity index (χ1n) is 8.05. The Labute approximate surface area is 149 Å². The molecule has 0 atom stereocenters. The molecule has 4 heteroatoms. The second kappa shape index (κ2) is 6.46. The Morgan fingerprint density at radius 1 is 1.04 bits per heavy atom. The standard InChI is InChI=1S/C21H14N2OS/c22-13-15-8-6-14(7-9-15)12-17-10-11-18-20(19(17)24)25-21(23-18)16-4-2-1-3-5-16/h1-9,12H,10-11H2. The number of hydrogen-bond donors (Lipinski definition) is 0. The van der Waals surface area contributed by atoms with Gasteiger partial charge in [0.15, 0.2) is 0 Å². The lowest BCUT2D eigenvalue weighted by Crippen LogP contribution is -2.12. The molecule has 0 spiro atoms. The maximum atomic E-state index is 12.8. The van der Waals surface area contributed by atoms with Gasteiger partial charge in [0.25, 0.3) is 0 Å². The number of aryl methyl sites for hydroxylation is 1. The first-order chi connectivity index (χ1) is 12.2. The lowest BCUT2D eigenvalue weighted by molar-refractivity contribution is 0.103. The van der Waals surface area contributed by atoms with Crippen molar-refractivity contribution in [2.45, 2.75) is 12.8 Å². The van der Waals surface area contributed by atoms with Crippen LogP contribution in [0.1, 0.15) is 32.9 Å². The summed E-state index contributed by atoms with van der Waals surface area (Å²) < 4.78 is 0. The first-order valence-corrected chi connectivity index (χ1v) is 8.87. The van der Waals surface area contributed by atoms with Gasteiger partial charge in [0.2, 0.25) is 5.78 Å². The number of benzene rings is 2. The monoisotopic (exact) mass is 342 g/mol. The molecule has 0 N–H and O–H groups in total. The molecule has 0 fully saturated rings. The number of aromatic nitrogens is 1. The zero-order chi connectivity index (χ0) is 17.2. The van der Waals surface area contributed by atoms with E-state index in [0.717, 1.165) is 38.7 Å². The minimum atomic E-state index is 0.0743.